The standard InChI is InChI=1S/C38H56N4O7S/c1-8-24(4)29(20-33(44)32-16-12-13-17-42(32)7)35(45)40-30(23(2)3)21-34(49-26(6)43)37-41-31(22-50-37)36(46)39-28(18-25(5)38(47)48)19-27-14-10-9-11-15-27/h9-11,14-15,22-25,28-30,32,34H,8,12-13,16-21H2,1-7H3,(H,39,46)(H,40,45)(H,47,48)/t24-,25-,28+,29-,30+,32+,34+/m0/s1. The van der Waals surface area contributed by atoms with Crippen LogP contribution in [0.4, 0.5) is 0 Å². The summed E-state index contributed by atoms with van der Waals surface area (Å²) in [5.41, 5.74) is 1.10. The quantitative estimate of drug-likeness (QED) is 0.153. The first kappa shape index (κ1) is 40.8. The first-order valence-electron chi connectivity index (χ1n) is 17.9. The number of hydrogen-bond donors (Lipinski definition) is 3. The van der Waals surface area contributed by atoms with E-state index in [1.165, 1.54) is 18.3 Å². The van der Waals surface area contributed by atoms with Crippen LogP contribution in [-0.2, 0) is 30.3 Å². The lowest BCUT2D eigenvalue weighted by Gasteiger charge is -2.33. The average molecular weight is 713 g/mol. The van der Waals surface area contributed by atoms with Crippen molar-refractivity contribution in [2.75, 3.05) is 13.6 Å². The van der Waals surface area contributed by atoms with Crippen LogP contribution in [0.25, 0.3) is 0 Å². The van der Waals surface area contributed by atoms with Crippen LogP contribution in [0, 0.1) is 23.7 Å². The van der Waals surface area contributed by atoms with Crippen LogP contribution in [0.5, 0.6) is 0 Å². The number of nitrogens with one attached hydrogen (secondary N) is 2. The summed E-state index contributed by atoms with van der Waals surface area (Å²) in [7, 11) is 1.97. The number of carboxylic acids is 1. The highest BCUT2D eigenvalue weighted by atomic mass is 32.1. The monoisotopic (exact) mass is 712 g/mol. The van der Waals surface area contributed by atoms with Gasteiger partial charge in [-0.05, 0) is 56.7 Å². The number of likely N-dealkylation sites (tertiary alicyclic amines) is 1. The molecule has 3 N–H and O–H groups in total. The Morgan fingerprint density at radius 3 is 2.34 bits per heavy atom. The minimum Gasteiger partial charge on any atom is -0.481 e. The van der Waals surface area contributed by atoms with Gasteiger partial charge >= 0.3 is 11.9 Å². The van der Waals surface area contributed by atoms with Crippen molar-refractivity contribution in [1.82, 2.24) is 20.5 Å². The lowest BCUT2D eigenvalue weighted by atomic mass is 9.83. The first-order valence-corrected chi connectivity index (χ1v) is 18.8. The Bertz CT molecular complexity index is 1430. The molecule has 0 saturated carbocycles. The summed E-state index contributed by atoms with van der Waals surface area (Å²) in [4.78, 5) is 71.2. The highest BCUT2D eigenvalue weighted by molar-refractivity contribution is 7.09. The van der Waals surface area contributed by atoms with Gasteiger partial charge in [0.15, 0.2) is 11.9 Å². The first-order chi connectivity index (χ1) is 23.7. The fraction of sp³-hybridized carbons (Fsp3) is 0.632. The van der Waals surface area contributed by atoms with Crippen molar-refractivity contribution in [2.45, 2.75) is 117 Å². The molecule has 1 aliphatic rings. The summed E-state index contributed by atoms with van der Waals surface area (Å²) in [5.74, 6) is -3.20. The Morgan fingerprint density at radius 1 is 1.04 bits per heavy atom. The number of carboxylic acid groups (broad SMARTS) is 1. The molecule has 2 heterocycles. The number of carbonyl (C=O) groups excluding carboxylic acids is 4. The number of esters is 1. The van der Waals surface area contributed by atoms with Crippen molar-refractivity contribution < 1.29 is 33.8 Å². The molecule has 12 heteroatoms. The molecular weight excluding hydrogens is 657 g/mol. The SMILES string of the molecule is CC[C@H](C)[C@H](CC(=O)[C@H]1CCCCN1C)C(=O)N[C@H](C[C@@H](OC(C)=O)c1nc(C(=O)N[C@@H](Cc2ccccc2)C[C@H](C)C(=O)O)cs1)C(C)C. The Balaban J connectivity index is 1.76. The zero-order valence-electron chi connectivity index (χ0n) is 30.6. The van der Waals surface area contributed by atoms with Crippen LogP contribution in [-0.4, -0.2) is 76.2 Å². The molecule has 0 aliphatic carbocycles. The summed E-state index contributed by atoms with van der Waals surface area (Å²) in [6.45, 7) is 11.8. The molecule has 276 valence electrons. The van der Waals surface area contributed by atoms with E-state index >= 15 is 0 Å². The number of likely N-dealkylation sites (N-methyl/N-ethyl adjacent to an activating group) is 1. The second-order valence-electron chi connectivity index (χ2n) is 14.3. The van der Waals surface area contributed by atoms with Gasteiger partial charge < -0.3 is 20.5 Å². The number of benzene rings is 1. The van der Waals surface area contributed by atoms with Crippen molar-refractivity contribution in [3.8, 4) is 0 Å². The van der Waals surface area contributed by atoms with Crippen molar-refractivity contribution >= 4 is 40.9 Å². The van der Waals surface area contributed by atoms with Gasteiger partial charge in [-0.15, -0.1) is 11.3 Å². The second-order valence-corrected chi connectivity index (χ2v) is 15.1. The van der Waals surface area contributed by atoms with Gasteiger partial charge in [0, 0.05) is 43.1 Å². The van der Waals surface area contributed by atoms with E-state index in [2.05, 4.69) is 20.5 Å². The van der Waals surface area contributed by atoms with Crippen molar-refractivity contribution in [3.05, 3.63) is 52.0 Å². The summed E-state index contributed by atoms with van der Waals surface area (Å²) < 4.78 is 5.72. The number of thiazole rings is 1. The zero-order valence-corrected chi connectivity index (χ0v) is 31.5. The molecule has 2 amide bonds. The third kappa shape index (κ3) is 12.3. The number of carbonyl (C=O) groups is 5. The van der Waals surface area contributed by atoms with Crippen LogP contribution in [0.3, 0.4) is 0 Å². The van der Waals surface area contributed by atoms with E-state index in [0.717, 1.165) is 37.8 Å². The third-order valence-electron chi connectivity index (χ3n) is 9.89. The molecule has 1 aromatic carbocycles. The maximum atomic E-state index is 13.9. The largest absolute Gasteiger partial charge is 0.481 e. The van der Waals surface area contributed by atoms with Crippen molar-refractivity contribution in [3.63, 3.8) is 0 Å². The Hall–Kier alpha value is -3.64. The van der Waals surface area contributed by atoms with Crippen molar-refractivity contribution in [2.24, 2.45) is 23.7 Å². The Labute approximate surface area is 301 Å². The smallest absolute Gasteiger partial charge is 0.306 e. The van der Waals surface area contributed by atoms with Crippen LogP contribution in [0.15, 0.2) is 35.7 Å². The number of nitrogens with zero attached hydrogens (tertiary/aromatic N) is 2. The molecule has 1 aliphatic heterocycles. The normalized spacial score (nSPS) is 18.7. The predicted molar refractivity (Wildman–Crippen MR) is 194 cm³/mol. The van der Waals surface area contributed by atoms with E-state index in [1.54, 1.807) is 12.3 Å². The maximum Gasteiger partial charge on any atom is 0.306 e. The number of rotatable bonds is 19. The summed E-state index contributed by atoms with van der Waals surface area (Å²) in [6, 6.07) is 8.52. The Morgan fingerprint density at radius 2 is 1.74 bits per heavy atom. The van der Waals surface area contributed by atoms with Gasteiger partial charge in [-0.1, -0.05) is 77.8 Å². The van der Waals surface area contributed by atoms with Gasteiger partial charge in [0.2, 0.25) is 5.91 Å². The number of Topliss-reactive ketones (excluding diaryl/α,β-unsaturated/α-hetero) is 1. The van der Waals surface area contributed by atoms with Crippen molar-refractivity contribution in [1.29, 1.82) is 0 Å². The molecule has 1 aromatic heterocycles. The van der Waals surface area contributed by atoms with E-state index in [4.69, 9.17) is 4.74 Å². The highest BCUT2D eigenvalue weighted by Gasteiger charge is 2.35. The molecule has 1 saturated heterocycles. The molecule has 0 radical (unpaired) electrons. The van der Waals surface area contributed by atoms with E-state index in [0.29, 0.717) is 11.4 Å². The molecule has 1 fully saturated rings. The molecule has 0 spiro atoms. The van der Waals surface area contributed by atoms with Gasteiger partial charge in [-0.3, -0.25) is 28.9 Å². The molecule has 50 heavy (non-hydrogen) atoms. The fourth-order valence-electron chi connectivity index (χ4n) is 6.51. The van der Waals surface area contributed by atoms with E-state index in [1.807, 2.05) is 65.1 Å². The van der Waals surface area contributed by atoms with E-state index in [9.17, 15) is 29.1 Å². The number of ketones is 1. The predicted octanol–water partition coefficient (Wildman–Crippen LogP) is 5.84. The van der Waals surface area contributed by atoms with Gasteiger partial charge in [0.25, 0.3) is 5.91 Å². The molecule has 3 rings (SSSR count). The molecule has 0 bridgehead atoms. The summed E-state index contributed by atoms with van der Waals surface area (Å²) in [6.07, 6.45) is 3.91. The fourth-order valence-corrected chi connectivity index (χ4v) is 7.35. The summed E-state index contributed by atoms with van der Waals surface area (Å²) in [5, 5.41) is 17.7. The topological polar surface area (TPSA) is 155 Å². The van der Waals surface area contributed by atoms with Gasteiger partial charge in [0.05, 0.1) is 12.0 Å². The van der Waals surface area contributed by atoms with Crippen LogP contribution < -0.4 is 10.6 Å². The molecule has 0 unspecified atom stereocenters. The number of piperidine rings is 1. The van der Waals surface area contributed by atoms with Crippen LogP contribution in [0.2, 0.25) is 0 Å². The maximum absolute atomic E-state index is 13.9. The van der Waals surface area contributed by atoms with E-state index < -0.39 is 47.9 Å². The number of ether oxygens (including phenoxy) is 1. The summed E-state index contributed by atoms with van der Waals surface area (Å²) >= 11 is 1.18. The van der Waals surface area contributed by atoms with Crippen LogP contribution in [0.1, 0.15) is 114 Å². The molecule has 7 atom stereocenters. The number of amides is 2. The number of aliphatic carboxylic acids is 1. The van der Waals surface area contributed by atoms with Gasteiger partial charge in [0.1, 0.15) is 10.7 Å². The highest BCUT2D eigenvalue weighted by Crippen LogP contribution is 2.30. The van der Waals surface area contributed by atoms with Gasteiger partial charge in [-0.2, -0.15) is 0 Å². The second kappa shape index (κ2) is 19.7. The lowest BCUT2D eigenvalue weighted by molar-refractivity contribution is -0.147. The molecule has 2 aromatic rings. The lowest BCUT2D eigenvalue weighted by Crippen LogP contribution is -2.47. The van der Waals surface area contributed by atoms with Crippen LogP contribution >= 0.6 is 11.3 Å². The zero-order chi connectivity index (χ0) is 37.0. The number of aromatic nitrogens is 1. The minimum absolute atomic E-state index is 0.00541. The molecule has 11 nitrogen and oxygen atoms in total. The van der Waals surface area contributed by atoms with Gasteiger partial charge in [-0.25, -0.2) is 4.98 Å². The number of hydrogen-bond acceptors (Lipinski definition) is 9. The Kier molecular flexibility index (Phi) is 16.0. The minimum atomic E-state index is -0.942. The molecular formula is C38H56N4O7S. The van der Waals surface area contributed by atoms with E-state index in [-0.39, 0.29) is 54.5 Å². The average Bonchev–Trinajstić information content (AvgIpc) is 3.57. The third-order valence-corrected chi connectivity index (χ3v) is 10.8.